The highest BCUT2D eigenvalue weighted by atomic mass is 16.5. The second kappa shape index (κ2) is 19.9. The molecule has 4 N–H and O–H groups in total. The number of fused-ring (bicyclic) bond motifs is 7. The number of hydrogen-bond donors (Lipinski definition) is 4. The van der Waals surface area contributed by atoms with Crippen molar-refractivity contribution in [3.63, 3.8) is 0 Å². The van der Waals surface area contributed by atoms with E-state index in [1.165, 1.54) is 14.2 Å². The first-order chi connectivity index (χ1) is 32.2. The van der Waals surface area contributed by atoms with Gasteiger partial charge in [-0.15, -0.1) is 0 Å². The number of aromatic nitrogens is 4. The van der Waals surface area contributed by atoms with E-state index in [4.69, 9.17) is 28.9 Å². The summed E-state index contributed by atoms with van der Waals surface area (Å²) in [5.74, 6) is 1.98. The van der Waals surface area contributed by atoms with Gasteiger partial charge in [-0.05, 0) is 80.2 Å². The first-order valence-corrected chi connectivity index (χ1v) is 24.1. The van der Waals surface area contributed by atoms with Crippen molar-refractivity contribution in [1.82, 2.24) is 40.4 Å². The number of nitrogens with one attached hydrogen (secondary N) is 4. The van der Waals surface area contributed by atoms with E-state index >= 15 is 0 Å². The molecular formula is C50H64N8O8. The summed E-state index contributed by atoms with van der Waals surface area (Å²) >= 11 is 0. The van der Waals surface area contributed by atoms with Crippen LogP contribution in [0, 0.1) is 0 Å². The van der Waals surface area contributed by atoms with Gasteiger partial charge in [0.05, 0.1) is 62.8 Å². The molecule has 66 heavy (non-hydrogen) atoms. The maximum absolute atomic E-state index is 14.5. The average molecular weight is 905 g/mol. The summed E-state index contributed by atoms with van der Waals surface area (Å²) in [5.41, 5.74) is 3.56. The molecule has 4 amide bonds. The number of benzene rings is 2. The third kappa shape index (κ3) is 9.38. The van der Waals surface area contributed by atoms with Crippen molar-refractivity contribution in [1.29, 1.82) is 0 Å². The predicted octanol–water partition coefficient (Wildman–Crippen LogP) is 8.53. The minimum absolute atomic E-state index is 0.0626. The van der Waals surface area contributed by atoms with E-state index in [2.05, 4.69) is 63.1 Å². The molecule has 2 aromatic heterocycles. The van der Waals surface area contributed by atoms with Gasteiger partial charge in [0, 0.05) is 31.7 Å². The zero-order valence-corrected chi connectivity index (χ0v) is 38.3. The molecule has 3 atom stereocenters. The van der Waals surface area contributed by atoms with Crippen LogP contribution in [0.2, 0.25) is 0 Å². The summed E-state index contributed by atoms with van der Waals surface area (Å²) in [7, 11) is 2.65. The Morgan fingerprint density at radius 1 is 0.652 bits per heavy atom. The smallest absolute Gasteiger partial charge is 0.407 e. The van der Waals surface area contributed by atoms with Gasteiger partial charge in [-0.1, -0.05) is 81.7 Å². The molecule has 5 aliphatic rings. The van der Waals surface area contributed by atoms with Crippen LogP contribution in [0.4, 0.5) is 9.59 Å². The Labute approximate surface area is 386 Å². The van der Waals surface area contributed by atoms with E-state index in [-0.39, 0.29) is 30.0 Å². The van der Waals surface area contributed by atoms with Crippen LogP contribution in [0.3, 0.4) is 0 Å². The lowest BCUT2D eigenvalue weighted by atomic mass is 9.95. The molecule has 0 spiro atoms. The fraction of sp³-hybridized carbons (Fsp3) is 0.560. The van der Waals surface area contributed by atoms with Crippen LogP contribution < -0.4 is 15.4 Å². The number of amides is 4. The monoisotopic (exact) mass is 904 g/mol. The molecule has 2 aromatic carbocycles. The van der Waals surface area contributed by atoms with Crippen LogP contribution in [0.5, 0.6) is 5.75 Å². The fourth-order valence-corrected chi connectivity index (χ4v) is 11.0. The third-order valence-corrected chi connectivity index (χ3v) is 14.6. The quantitative estimate of drug-likeness (QED) is 0.140. The fourth-order valence-electron chi connectivity index (χ4n) is 11.0. The van der Waals surface area contributed by atoms with Crippen LogP contribution in [-0.2, 0) is 23.8 Å². The second-order valence-electron chi connectivity index (χ2n) is 18.8. The Balaban J connectivity index is 0.947. The summed E-state index contributed by atoms with van der Waals surface area (Å²) in [5, 5.41) is 5.81. The number of carbonyl (C=O) groups is 4. The molecule has 2 saturated heterocycles. The van der Waals surface area contributed by atoms with Crippen molar-refractivity contribution >= 4 is 24.0 Å². The lowest BCUT2D eigenvalue weighted by Crippen LogP contribution is -2.58. The molecule has 352 valence electrons. The molecule has 0 unspecified atom stereocenters. The zero-order valence-electron chi connectivity index (χ0n) is 38.3. The van der Waals surface area contributed by atoms with Gasteiger partial charge in [0.2, 0.25) is 11.8 Å². The molecule has 16 heteroatoms. The topological polar surface area (TPSA) is 193 Å². The molecule has 16 nitrogen and oxygen atoms in total. The standard InChI is InChI=1S/C50H64N8O8/c1-63-47(61)55-49(21-7-8-22-49)45(59)57-25-13-14-40(57)43-51-30-38(53-43)34-17-15-33(16-18-34)35-19-20-37-39-31-52-44(54-39)41-29-36(65-26-11-5-3-4-6-12-27-66-42(37)28-35)32-58(41)46(60)50(23-9-10-24-50)56-48(62)64-2/h15-20,28,30-31,36,40-41H,3-14,21-27,29,32H2,1-2H3,(H,51,53)(H,52,54)(H,55,61)(H,56,62)/t36-,40-,41-/m0/s1. The molecule has 2 saturated carbocycles. The van der Waals surface area contributed by atoms with E-state index in [9.17, 15) is 19.2 Å². The summed E-state index contributed by atoms with van der Waals surface area (Å²) < 4.78 is 22.9. The molecule has 5 heterocycles. The van der Waals surface area contributed by atoms with Crippen LogP contribution in [0.1, 0.15) is 133 Å². The first kappa shape index (κ1) is 45.3. The van der Waals surface area contributed by atoms with Crippen molar-refractivity contribution in [3.8, 4) is 39.4 Å². The Hall–Kier alpha value is -5.90. The Morgan fingerprint density at radius 2 is 1.21 bits per heavy atom. The number of nitrogens with zero attached hydrogens (tertiary/aromatic N) is 4. The summed E-state index contributed by atoms with van der Waals surface area (Å²) in [6, 6.07) is 14.0. The first-order valence-electron chi connectivity index (χ1n) is 24.1. The molecule has 4 aromatic rings. The number of likely N-dealkylation sites (tertiary alicyclic amines) is 2. The minimum atomic E-state index is -1.02. The van der Waals surface area contributed by atoms with Crippen molar-refractivity contribution in [2.45, 2.75) is 138 Å². The number of methoxy groups -OCH3 is 2. The van der Waals surface area contributed by atoms with Crippen molar-refractivity contribution < 1.29 is 38.1 Å². The van der Waals surface area contributed by atoms with Crippen LogP contribution in [0.15, 0.2) is 54.9 Å². The number of rotatable bonds is 7. The van der Waals surface area contributed by atoms with Crippen molar-refractivity contribution in [2.24, 2.45) is 0 Å². The average Bonchev–Trinajstić information content (AvgIpc) is 4.21. The number of imidazole rings is 2. The van der Waals surface area contributed by atoms with Gasteiger partial charge in [0.15, 0.2) is 0 Å². The van der Waals surface area contributed by atoms with Gasteiger partial charge in [0.1, 0.15) is 28.5 Å². The molecule has 0 radical (unpaired) electrons. The van der Waals surface area contributed by atoms with E-state index in [1.807, 2.05) is 22.2 Å². The normalized spacial score (nSPS) is 23.0. The van der Waals surface area contributed by atoms with E-state index in [1.54, 1.807) is 0 Å². The number of aromatic amines is 2. The van der Waals surface area contributed by atoms with E-state index in [0.29, 0.717) is 64.2 Å². The maximum atomic E-state index is 14.5. The number of ether oxygens (including phenoxy) is 4. The van der Waals surface area contributed by atoms with Crippen molar-refractivity contribution in [3.05, 3.63) is 66.5 Å². The lowest BCUT2D eigenvalue weighted by Gasteiger charge is -2.35. The summed E-state index contributed by atoms with van der Waals surface area (Å²) in [6.45, 7) is 2.25. The molecule has 2 aliphatic carbocycles. The van der Waals surface area contributed by atoms with Gasteiger partial charge in [-0.2, -0.15) is 0 Å². The zero-order chi connectivity index (χ0) is 45.7. The van der Waals surface area contributed by atoms with E-state index < -0.39 is 23.3 Å². The molecule has 4 fully saturated rings. The number of hydrogen-bond acceptors (Lipinski definition) is 10. The van der Waals surface area contributed by atoms with Gasteiger partial charge in [0.25, 0.3) is 0 Å². The Morgan fingerprint density at radius 3 is 1.88 bits per heavy atom. The highest BCUT2D eigenvalue weighted by Crippen LogP contribution is 2.42. The highest BCUT2D eigenvalue weighted by Gasteiger charge is 2.51. The maximum Gasteiger partial charge on any atom is 0.407 e. The van der Waals surface area contributed by atoms with Crippen LogP contribution in [-0.4, -0.2) is 111 Å². The summed E-state index contributed by atoms with van der Waals surface area (Å²) in [4.78, 5) is 73.9. The largest absolute Gasteiger partial charge is 0.493 e. The molecular weight excluding hydrogens is 841 g/mol. The van der Waals surface area contributed by atoms with Crippen LogP contribution in [0.25, 0.3) is 33.6 Å². The van der Waals surface area contributed by atoms with Crippen LogP contribution >= 0.6 is 0 Å². The molecule has 3 aliphatic heterocycles. The number of alkyl carbamates (subject to hydrolysis) is 2. The number of H-pyrrole nitrogens is 2. The Kier molecular flexibility index (Phi) is 13.7. The van der Waals surface area contributed by atoms with Crippen molar-refractivity contribution in [2.75, 3.05) is 40.5 Å². The summed E-state index contributed by atoms with van der Waals surface area (Å²) in [6.07, 6.45) is 16.6. The second-order valence-corrected chi connectivity index (χ2v) is 18.8. The predicted molar refractivity (Wildman–Crippen MR) is 246 cm³/mol. The SMILES string of the molecule is COC(=O)NC1(C(=O)N2CCC[C@H]2c2ncc(-c3ccc(-c4ccc5c(c4)OCCCCCCCCO[C@H]4C[C@@H](c6ncc-5[nH]6)N(C(=O)C5(NC(=O)OC)CCCC5)C4)cc3)[nH]2)CCCC1. The van der Waals surface area contributed by atoms with Gasteiger partial charge >= 0.3 is 12.2 Å². The highest BCUT2D eigenvalue weighted by molar-refractivity contribution is 5.92. The molecule has 4 bridgehead atoms. The number of carbonyl (C=O) groups excluding carboxylic acids is 4. The van der Waals surface area contributed by atoms with Gasteiger partial charge < -0.3 is 49.3 Å². The van der Waals surface area contributed by atoms with Gasteiger partial charge in [-0.3, -0.25) is 9.59 Å². The van der Waals surface area contributed by atoms with Gasteiger partial charge in [-0.25, -0.2) is 19.6 Å². The third-order valence-electron chi connectivity index (χ3n) is 14.6. The van der Waals surface area contributed by atoms with E-state index in [0.717, 1.165) is 122 Å². The lowest BCUT2D eigenvalue weighted by molar-refractivity contribution is -0.140. The minimum Gasteiger partial charge on any atom is -0.493 e. The Bertz CT molecular complexity index is 2350. The molecule has 9 rings (SSSR count).